The van der Waals surface area contributed by atoms with E-state index in [9.17, 15) is 14.4 Å². The maximum Gasteiger partial charge on any atom is 0.326 e. The first-order valence-electron chi connectivity index (χ1n) is 7.37. The van der Waals surface area contributed by atoms with E-state index in [2.05, 4.69) is 5.32 Å². The van der Waals surface area contributed by atoms with Crippen LogP contribution >= 0.6 is 0 Å². The smallest absolute Gasteiger partial charge is 0.326 e. The highest BCUT2D eigenvalue weighted by atomic mass is 16.4. The molecular weight excluding hydrogens is 276 g/mol. The van der Waals surface area contributed by atoms with E-state index in [1.54, 1.807) is 0 Å². The first-order valence-corrected chi connectivity index (χ1v) is 7.37. The molecule has 1 atom stereocenters. The van der Waals surface area contributed by atoms with Crippen molar-refractivity contribution in [3.05, 3.63) is 0 Å². The Balaban J connectivity index is 2.73. The van der Waals surface area contributed by atoms with Crippen molar-refractivity contribution in [1.29, 1.82) is 0 Å². The van der Waals surface area contributed by atoms with E-state index in [-0.39, 0.29) is 25.3 Å². The van der Waals surface area contributed by atoms with Crippen molar-refractivity contribution in [3.8, 4) is 0 Å². The van der Waals surface area contributed by atoms with E-state index in [0.29, 0.717) is 12.8 Å². The summed E-state index contributed by atoms with van der Waals surface area (Å²) in [5.41, 5.74) is 5.07. The van der Waals surface area contributed by atoms with Crippen LogP contribution in [0, 0.1) is 5.41 Å². The van der Waals surface area contributed by atoms with Gasteiger partial charge < -0.3 is 21.3 Å². The molecule has 0 radical (unpaired) electrons. The molecule has 0 unspecified atom stereocenters. The van der Waals surface area contributed by atoms with Gasteiger partial charge in [0.2, 0.25) is 5.91 Å². The Kier molecular flexibility index (Phi) is 6.61. The van der Waals surface area contributed by atoms with Gasteiger partial charge in [0.05, 0.1) is 5.41 Å². The van der Waals surface area contributed by atoms with Crippen LogP contribution in [-0.2, 0) is 14.4 Å². The van der Waals surface area contributed by atoms with Gasteiger partial charge in [0.25, 0.3) is 0 Å². The predicted molar refractivity (Wildman–Crippen MR) is 75.6 cm³/mol. The average Bonchev–Trinajstić information content (AvgIpc) is 2.68. The Hall–Kier alpha value is -1.63. The topological polar surface area (TPSA) is 130 Å². The number of nitrogens with two attached hydrogens (primary N) is 1. The molecule has 7 heteroatoms. The summed E-state index contributed by atoms with van der Waals surface area (Å²) < 4.78 is 0. The van der Waals surface area contributed by atoms with Gasteiger partial charge in [0, 0.05) is 13.0 Å². The number of carbonyl (C=O) groups is 3. The molecule has 1 amide bonds. The van der Waals surface area contributed by atoms with Crippen LogP contribution in [-0.4, -0.2) is 40.6 Å². The van der Waals surface area contributed by atoms with Gasteiger partial charge in [-0.15, -0.1) is 0 Å². The zero-order chi connectivity index (χ0) is 15.9. The number of carboxylic acids is 2. The van der Waals surface area contributed by atoms with Crippen molar-refractivity contribution >= 4 is 17.8 Å². The molecule has 5 N–H and O–H groups in total. The number of aliphatic carboxylic acids is 2. The van der Waals surface area contributed by atoms with Gasteiger partial charge in [-0.3, -0.25) is 9.59 Å². The van der Waals surface area contributed by atoms with Gasteiger partial charge in [0.1, 0.15) is 6.04 Å². The number of hydrogen-bond donors (Lipinski definition) is 4. The summed E-state index contributed by atoms with van der Waals surface area (Å²) in [4.78, 5) is 34.2. The molecule has 1 aliphatic carbocycles. The second-order valence-corrected chi connectivity index (χ2v) is 5.70. The fourth-order valence-electron chi connectivity index (χ4n) is 2.77. The Bertz CT molecular complexity index is 389. The maximum atomic E-state index is 12.5. The Morgan fingerprint density at radius 3 is 2.10 bits per heavy atom. The minimum absolute atomic E-state index is 0.128. The number of rotatable bonds is 7. The third-order valence-corrected chi connectivity index (χ3v) is 4.18. The van der Waals surface area contributed by atoms with Crippen LogP contribution in [0.3, 0.4) is 0 Å². The predicted octanol–water partition coefficient (Wildman–Crippen LogP) is 0.720. The summed E-state index contributed by atoms with van der Waals surface area (Å²) in [6, 6.07) is -1.18. The first-order chi connectivity index (χ1) is 9.91. The maximum absolute atomic E-state index is 12.5. The second-order valence-electron chi connectivity index (χ2n) is 5.70. The molecule has 0 heterocycles. The van der Waals surface area contributed by atoms with Gasteiger partial charge in [0.15, 0.2) is 0 Å². The van der Waals surface area contributed by atoms with Crippen molar-refractivity contribution in [2.45, 2.75) is 57.4 Å². The Morgan fingerprint density at radius 1 is 1.10 bits per heavy atom. The second kappa shape index (κ2) is 7.97. The highest BCUT2D eigenvalue weighted by molar-refractivity contribution is 5.88. The number of nitrogens with one attached hydrogen (secondary N) is 1. The summed E-state index contributed by atoms with van der Waals surface area (Å²) in [7, 11) is 0. The normalized spacial score (nSPS) is 19.3. The van der Waals surface area contributed by atoms with Crippen LogP contribution in [0.2, 0.25) is 0 Å². The Labute approximate surface area is 123 Å². The van der Waals surface area contributed by atoms with E-state index < -0.39 is 23.4 Å². The van der Waals surface area contributed by atoms with Crippen LogP contribution in [0.4, 0.5) is 0 Å². The summed E-state index contributed by atoms with van der Waals surface area (Å²) in [5, 5.41) is 20.2. The number of carboxylic acid groups (broad SMARTS) is 2. The van der Waals surface area contributed by atoms with Crippen LogP contribution in [0.15, 0.2) is 0 Å². The van der Waals surface area contributed by atoms with E-state index in [1.165, 1.54) is 0 Å². The molecule has 21 heavy (non-hydrogen) atoms. The molecule has 0 aromatic carbocycles. The average molecular weight is 300 g/mol. The van der Waals surface area contributed by atoms with Gasteiger partial charge in [-0.2, -0.15) is 0 Å². The molecule has 1 saturated carbocycles. The zero-order valence-corrected chi connectivity index (χ0v) is 12.1. The molecule has 1 aliphatic rings. The molecule has 0 aromatic heterocycles. The van der Waals surface area contributed by atoms with E-state index in [1.807, 2.05) is 0 Å². The lowest BCUT2D eigenvalue weighted by molar-refractivity contribution is -0.145. The fraction of sp³-hybridized carbons (Fsp3) is 0.786. The summed E-state index contributed by atoms with van der Waals surface area (Å²) in [5.74, 6) is -2.66. The molecule has 0 spiro atoms. The minimum atomic E-state index is -1.22. The van der Waals surface area contributed by atoms with Crippen LogP contribution in [0.5, 0.6) is 0 Å². The number of amides is 1. The summed E-state index contributed by atoms with van der Waals surface area (Å²) in [6.45, 7) is 0.185. The van der Waals surface area contributed by atoms with Crippen molar-refractivity contribution in [1.82, 2.24) is 5.32 Å². The highest BCUT2D eigenvalue weighted by Crippen LogP contribution is 2.34. The third-order valence-electron chi connectivity index (χ3n) is 4.18. The van der Waals surface area contributed by atoms with Crippen LogP contribution in [0.1, 0.15) is 51.4 Å². The van der Waals surface area contributed by atoms with Crippen LogP contribution in [0.25, 0.3) is 0 Å². The molecule has 1 fully saturated rings. The molecule has 7 nitrogen and oxygen atoms in total. The zero-order valence-electron chi connectivity index (χ0n) is 12.1. The molecule has 0 saturated heterocycles. The van der Waals surface area contributed by atoms with Crippen molar-refractivity contribution in [2.75, 3.05) is 6.54 Å². The summed E-state index contributed by atoms with van der Waals surface area (Å²) >= 11 is 0. The number of carbonyl (C=O) groups excluding carboxylic acids is 1. The van der Waals surface area contributed by atoms with Crippen molar-refractivity contribution in [3.63, 3.8) is 0 Å². The highest BCUT2D eigenvalue weighted by Gasteiger charge is 2.38. The molecule has 0 aliphatic heterocycles. The molecule has 120 valence electrons. The summed E-state index contributed by atoms with van der Waals surface area (Å²) in [6.07, 6.45) is 4.78. The first kappa shape index (κ1) is 17.4. The van der Waals surface area contributed by atoms with E-state index in [0.717, 1.165) is 25.7 Å². The Morgan fingerprint density at radius 2 is 1.67 bits per heavy atom. The molecule has 1 rings (SSSR count). The minimum Gasteiger partial charge on any atom is -0.481 e. The quantitative estimate of drug-likeness (QED) is 0.513. The van der Waals surface area contributed by atoms with E-state index >= 15 is 0 Å². The standard InChI is InChI=1S/C14H24N2O5/c15-9-14(7-3-1-2-4-8-14)13(21)16-10(12(19)20)5-6-11(17)18/h10H,1-9,15H2,(H,16,21)(H,17,18)(H,19,20)/t10-/m0/s1. The third kappa shape index (κ3) is 5.00. The molecule has 0 aromatic rings. The van der Waals surface area contributed by atoms with Crippen molar-refractivity contribution < 1.29 is 24.6 Å². The molecular formula is C14H24N2O5. The van der Waals surface area contributed by atoms with Crippen molar-refractivity contribution in [2.24, 2.45) is 11.1 Å². The van der Waals surface area contributed by atoms with Gasteiger partial charge >= 0.3 is 11.9 Å². The van der Waals surface area contributed by atoms with Gasteiger partial charge in [-0.05, 0) is 19.3 Å². The lowest BCUT2D eigenvalue weighted by Gasteiger charge is -2.31. The van der Waals surface area contributed by atoms with E-state index in [4.69, 9.17) is 15.9 Å². The fourth-order valence-corrected chi connectivity index (χ4v) is 2.77. The number of hydrogen-bond acceptors (Lipinski definition) is 4. The van der Waals surface area contributed by atoms with Crippen LogP contribution < -0.4 is 11.1 Å². The largest absolute Gasteiger partial charge is 0.481 e. The monoisotopic (exact) mass is 300 g/mol. The molecule has 0 bridgehead atoms. The SMILES string of the molecule is NCC1(C(=O)N[C@@H](CCC(=O)O)C(=O)O)CCCCCC1. The van der Waals surface area contributed by atoms with Gasteiger partial charge in [-0.25, -0.2) is 4.79 Å². The lowest BCUT2D eigenvalue weighted by atomic mass is 9.79. The van der Waals surface area contributed by atoms with Gasteiger partial charge in [-0.1, -0.05) is 25.7 Å². The lowest BCUT2D eigenvalue weighted by Crippen LogP contribution is -2.51.